The van der Waals surface area contributed by atoms with Crippen molar-refractivity contribution in [2.75, 3.05) is 13.2 Å². The number of fused-ring (bicyclic) bond motifs is 3. The molecule has 0 radical (unpaired) electrons. The highest BCUT2D eigenvalue weighted by molar-refractivity contribution is 5.73. The van der Waals surface area contributed by atoms with Gasteiger partial charge < -0.3 is 14.2 Å². The summed E-state index contributed by atoms with van der Waals surface area (Å²) in [4.78, 5) is 12.1. The predicted octanol–water partition coefficient (Wildman–Crippen LogP) is 5.98. The van der Waals surface area contributed by atoms with Crippen LogP contribution in [0.4, 0.5) is 0 Å². The second-order valence-corrected chi connectivity index (χ2v) is 9.68. The van der Waals surface area contributed by atoms with Gasteiger partial charge in [-0.15, -0.1) is 0 Å². The summed E-state index contributed by atoms with van der Waals surface area (Å²) in [6.07, 6.45) is 14.1. The average molecular weight is 413 g/mol. The summed E-state index contributed by atoms with van der Waals surface area (Å²) in [6.45, 7) is 7.05. The Labute approximate surface area is 180 Å². The van der Waals surface area contributed by atoms with Crippen LogP contribution in [0.2, 0.25) is 0 Å². The van der Waals surface area contributed by atoms with Crippen LogP contribution in [0.5, 0.6) is 0 Å². The molecule has 3 fully saturated rings. The molecule has 0 spiro atoms. The van der Waals surface area contributed by atoms with Crippen molar-refractivity contribution in [3.05, 3.63) is 34.3 Å². The molecule has 5 rings (SSSR count). The molecule has 4 heteroatoms. The average Bonchev–Trinajstić information content (AvgIpc) is 3.02. The fraction of sp³-hybridized carbons (Fsp3) is 0.731. The number of hydrogen-bond donors (Lipinski definition) is 0. The fourth-order valence-electron chi connectivity index (χ4n) is 7.51. The number of carbonyl (C=O) groups excluding carboxylic acids is 1. The summed E-state index contributed by atoms with van der Waals surface area (Å²) in [6, 6.07) is 0. The van der Waals surface area contributed by atoms with Gasteiger partial charge in [0.25, 0.3) is 0 Å². The monoisotopic (exact) mass is 412 g/mol. The summed E-state index contributed by atoms with van der Waals surface area (Å²) in [7, 11) is 0. The Bertz CT molecular complexity index is 834. The molecule has 164 valence electrons. The highest BCUT2D eigenvalue weighted by atomic mass is 16.5. The van der Waals surface area contributed by atoms with Gasteiger partial charge in [0.1, 0.15) is 17.1 Å². The Morgan fingerprint density at radius 1 is 1.03 bits per heavy atom. The molecule has 0 N–H and O–H groups in total. The van der Waals surface area contributed by atoms with E-state index in [0.717, 1.165) is 25.0 Å². The zero-order chi connectivity index (χ0) is 20.9. The minimum absolute atomic E-state index is 0.205. The molecule has 0 aromatic rings. The van der Waals surface area contributed by atoms with Crippen molar-refractivity contribution in [3.8, 4) is 0 Å². The Hall–Kier alpha value is -1.55. The molecular weight excluding hydrogens is 376 g/mol. The lowest BCUT2D eigenvalue weighted by Gasteiger charge is -2.36. The maximum Gasteiger partial charge on any atom is 0.307 e. The summed E-state index contributed by atoms with van der Waals surface area (Å²) < 4.78 is 19.1. The van der Waals surface area contributed by atoms with Gasteiger partial charge in [-0.05, 0) is 57.6 Å². The largest absolute Gasteiger partial charge is 0.497 e. The van der Waals surface area contributed by atoms with Gasteiger partial charge in [-0.25, -0.2) is 0 Å². The number of rotatable bonds is 5. The normalized spacial score (nSPS) is 37.2. The molecule has 0 heterocycles. The lowest BCUT2D eigenvalue weighted by Crippen LogP contribution is -2.38. The van der Waals surface area contributed by atoms with Crippen LogP contribution in [-0.2, 0) is 19.0 Å². The smallest absolute Gasteiger partial charge is 0.307 e. The molecule has 0 unspecified atom stereocenters. The summed E-state index contributed by atoms with van der Waals surface area (Å²) in [5.74, 6) is 2.56. The van der Waals surface area contributed by atoms with Crippen molar-refractivity contribution in [1.82, 2.24) is 0 Å². The Morgan fingerprint density at radius 2 is 1.83 bits per heavy atom. The van der Waals surface area contributed by atoms with Gasteiger partial charge in [0.05, 0.1) is 12.0 Å². The molecule has 4 nitrogen and oxygen atoms in total. The van der Waals surface area contributed by atoms with E-state index in [0.29, 0.717) is 25.0 Å². The van der Waals surface area contributed by atoms with E-state index >= 15 is 0 Å². The van der Waals surface area contributed by atoms with Crippen molar-refractivity contribution < 1.29 is 19.0 Å². The molecule has 0 saturated heterocycles. The number of hydrogen-bond acceptors (Lipinski definition) is 4. The maximum absolute atomic E-state index is 12.1. The van der Waals surface area contributed by atoms with Crippen LogP contribution in [0.15, 0.2) is 34.3 Å². The molecule has 3 saturated carbocycles. The zero-order valence-corrected chi connectivity index (χ0v) is 18.9. The van der Waals surface area contributed by atoms with Crippen molar-refractivity contribution >= 4 is 5.97 Å². The SMILES string of the molecule is CCOC1=C2C(=C3CCCCC[C@@H]31)[C@]13CCCCC[C@H]1[C@@]2(OCC)C=C3OC(C)=O. The first kappa shape index (κ1) is 20.4. The molecule has 30 heavy (non-hydrogen) atoms. The predicted molar refractivity (Wildman–Crippen MR) is 115 cm³/mol. The zero-order valence-electron chi connectivity index (χ0n) is 18.9. The van der Waals surface area contributed by atoms with E-state index in [1.165, 1.54) is 68.8 Å². The van der Waals surface area contributed by atoms with Crippen molar-refractivity contribution in [3.63, 3.8) is 0 Å². The highest BCUT2D eigenvalue weighted by Gasteiger charge is 2.72. The van der Waals surface area contributed by atoms with E-state index in [2.05, 4.69) is 19.9 Å². The van der Waals surface area contributed by atoms with E-state index in [1.807, 2.05) is 0 Å². The standard InChI is InChI=1S/C26H36O4/c1-4-28-24-19-13-9-6-8-12-18(19)22-23(24)26(29-5-2)16-21(30-17(3)27)25(22)15-11-7-10-14-20(25)26/h16,19-20H,4-15H2,1-3H3/t19-,20+,25+,26-/m0/s1. The lowest BCUT2D eigenvalue weighted by atomic mass is 9.70. The molecule has 4 atom stereocenters. The van der Waals surface area contributed by atoms with Crippen LogP contribution in [0.25, 0.3) is 0 Å². The van der Waals surface area contributed by atoms with Crippen molar-refractivity contribution in [2.45, 2.75) is 90.6 Å². The molecule has 0 aliphatic heterocycles. The minimum atomic E-state index is -0.497. The van der Waals surface area contributed by atoms with Crippen LogP contribution in [0.1, 0.15) is 85.0 Å². The van der Waals surface area contributed by atoms with Gasteiger partial charge >= 0.3 is 5.97 Å². The number of ether oxygens (including phenoxy) is 3. The third-order valence-electron chi connectivity index (χ3n) is 8.23. The first-order valence-corrected chi connectivity index (χ1v) is 12.3. The van der Waals surface area contributed by atoms with Gasteiger partial charge in [0.2, 0.25) is 0 Å². The molecule has 0 aromatic heterocycles. The summed E-state index contributed by atoms with van der Waals surface area (Å²) in [5, 5.41) is 0. The quantitative estimate of drug-likeness (QED) is 0.521. The van der Waals surface area contributed by atoms with Gasteiger partial charge in [0, 0.05) is 30.9 Å². The number of esters is 1. The van der Waals surface area contributed by atoms with Gasteiger partial charge in [-0.3, -0.25) is 4.79 Å². The Balaban J connectivity index is 1.79. The molecule has 0 amide bonds. The molecule has 5 aliphatic rings. The summed E-state index contributed by atoms with van der Waals surface area (Å²) in [5.41, 5.74) is 3.68. The lowest BCUT2D eigenvalue weighted by molar-refractivity contribution is -0.138. The van der Waals surface area contributed by atoms with Crippen LogP contribution < -0.4 is 0 Å². The van der Waals surface area contributed by atoms with Crippen LogP contribution in [0.3, 0.4) is 0 Å². The number of allylic oxidation sites excluding steroid dienone is 2. The van der Waals surface area contributed by atoms with E-state index in [1.54, 1.807) is 5.57 Å². The fourth-order valence-corrected chi connectivity index (χ4v) is 7.51. The van der Waals surface area contributed by atoms with E-state index in [9.17, 15) is 4.79 Å². The van der Waals surface area contributed by atoms with E-state index in [-0.39, 0.29) is 11.4 Å². The molecule has 0 aromatic carbocycles. The van der Waals surface area contributed by atoms with Gasteiger partial charge in [-0.2, -0.15) is 0 Å². The topological polar surface area (TPSA) is 44.8 Å². The van der Waals surface area contributed by atoms with Crippen LogP contribution in [0, 0.1) is 17.3 Å². The minimum Gasteiger partial charge on any atom is -0.497 e. The van der Waals surface area contributed by atoms with Crippen LogP contribution in [-0.4, -0.2) is 24.8 Å². The second kappa shape index (κ2) is 7.55. The van der Waals surface area contributed by atoms with Crippen LogP contribution >= 0.6 is 0 Å². The highest BCUT2D eigenvalue weighted by Crippen LogP contribution is 2.74. The third kappa shape index (κ3) is 2.58. The van der Waals surface area contributed by atoms with Crippen molar-refractivity contribution in [1.29, 1.82) is 0 Å². The Kier molecular flexibility index (Phi) is 5.12. The van der Waals surface area contributed by atoms with Gasteiger partial charge in [-0.1, -0.05) is 37.7 Å². The van der Waals surface area contributed by atoms with Gasteiger partial charge in [0.15, 0.2) is 0 Å². The molecule has 2 bridgehead atoms. The molecular formula is C26H36O4. The first-order valence-electron chi connectivity index (χ1n) is 12.3. The number of carbonyl (C=O) groups is 1. The van der Waals surface area contributed by atoms with Crippen molar-refractivity contribution in [2.24, 2.45) is 17.3 Å². The maximum atomic E-state index is 12.1. The Morgan fingerprint density at radius 3 is 2.60 bits per heavy atom. The van der Waals surface area contributed by atoms with E-state index in [4.69, 9.17) is 14.2 Å². The van der Waals surface area contributed by atoms with E-state index < -0.39 is 5.60 Å². The first-order chi connectivity index (χ1) is 14.6. The molecule has 5 aliphatic carbocycles. The summed E-state index contributed by atoms with van der Waals surface area (Å²) >= 11 is 0. The third-order valence-corrected chi connectivity index (χ3v) is 8.23. The second-order valence-electron chi connectivity index (χ2n) is 9.68.